The summed E-state index contributed by atoms with van der Waals surface area (Å²) in [6.45, 7) is 4.55. The van der Waals surface area contributed by atoms with E-state index < -0.39 is 0 Å². The first-order valence-electron chi connectivity index (χ1n) is 5.02. The summed E-state index contributed by atoms with van der Waals surface area (Å²) >= 11 is 0. The highest BCUT2D eigenvalue weighted by Crippen LogP contribution is 2.25. The minimum absolute atomic E-state index is 0.159. The molecular weight excluding hydrogens is 160 g/mol. The number of benzene rings is 1. The molecule has 0 aliphatic carbocycles. The molecule has 1 aromatic carbocycles. The average Bonchev–Trinajstić information content (AvgIpc) is 2.20. The van der Waals surface area contributed by atoms with E-state index in [9.17, 15) is 0 Å². The van der Waals surface area contributed by atoms with Gasteiger partial charge in [-0.25, -0.2) is 0 Å². The normalized spacial score (nSPS) is 10.8. The van der Waals surface area contributed by atoms with Gasteiger partial charge >= 0.3 is 0 Å². The summed E-state index contributed by atoms with van der Waals surface area (Å²) in [7, 11) is 0. The predicted octanol–water partition coefficient (Wildman–Crippen LogP) is 3.08. The molecule has 13 heavy (non-hydrogen) atoms. The standard InChI is InChI=1S/C12H18O/c1-3-10(4-2)12-8-6-5-7-11(12)9-13/h5-8,10,13H,3-4,9H2,1-2H3. The maximum absolute atomic E-state index is 9.16. The first-order valence-corrected chi connectivity index (χ1v) is 5.02. The fourth-order valence-electron chi connectivity index (χ4n) is 1.80. The van der Waals surface area contributed by atoms with E-state index in [1.807, 2.05) is 18.2 Å². The van der Waals surface area contributed by atoms with E-state index in [0.717, 1.165) is 18.4 Å². The number of aliphatic hydroxyl groups excluding tert-OH is 1. The van der Waals surface area contributed by atoms with Crippen LogP contribution in [0.2, 0.25) is 0 Å². The molecule has 1 N–H and O–H groups in total. The number of hydrogen-bond donors (Lipinski definition) is 1. The Kier molecular flexibility index (Phi) is 3.97. The fourth-order valence-corrected chi connectivity index (χ4v) is 1.80. The molecule has 1 aromatic rings. The summed E-state index contributed by atoms with van der Waals surface area (Å²) in [5.74, 6) is 0.600. The van der Waals surface area contributed by atoms with Crippen molar-refractivity contribution in [1.29, 1.82) is 0 Å². The van der Waals surface area contributed by atoms with Crippen molar-refractivity contribution in [3.63, 3.8) is 0 Å². The average molecular weight is 178 g/mol. The van der Waals surface area contributed by atoms with E-state index >= 15 is 0 Å². The van der Waals surface area contributed by atoms with Crippen LogP contribution >= 0.6 is 0 Å². The molecule has 0 saturated carbocycles. The van der Waals surface area contributed by atoms with E-state index in [1.165, 1.54) is 5.56 Å². The molecule has 0 aliphatic rings. The lowest BCUT2D eigenvalue weighted by atomic mass is 9.90. The van der Waals surface area contributed by atoms with Gasteiger partial charge in [0, 0.05) is 0 Å². The van der Waals surface area contributed by atoms with Crippen LogP contribution < -0.4 is 0 Å². The van der Waals surface area contributed by atoms with Crippen LogP contribution in [0.4, 0.5) is 0 Å². The van der Waals surface area contributed by atoms with Crippen LogP contribution in [0, 0.1) is 0 Å². The molecule has 72 valence electrons. The lowest BCUT2D eigenvalue weighted by Crippen LogP contribution is -2.00. The van der Waals surface area contributed by atoms with Gasteiger partial charge in [0.2, 0.25) is 0 Å². The summed E-state index contributed by atoms with van der Waals surface area (Å²) in [4.78, 5) is 0. The van der Waals surface area contributed by atoms with Crippen LogP contribution in [0.15, 0.2) is 24.3 Å². The highest BCUT2D eigenvalue weighted by molar-refractivity contribution is 5.29. The van der Waals surface area contributed by atoms with Crippen molar-refractivity contribution in [1.82, 2.24) is 0 Å². The van der Waals surface area contributed by atoms with Crippen LogP contribution in [-0.2, 0) is 6.61 Å². The molecule has 0 unspecified atom stereocenters. The Balaban J connectivity index is 2.96. The van der Waals surface area contributed by atoms with Crippen LogP contribution in [0.3, 0.4) is 0 Å². The minimum atomic E-state index is 0.159. The third-order valence-corrected chi connectivity index (χ3v) is 2.65. The molecule has 0 heterocycles. The Morgan fingerprint density at radius 2 is 1.77 bits per heavy atom. The van der Waals surface area contributed by atoms with Gasteiger partial charge < -0.3 is 5.11 Å². The predicted molar refractivity (Wildman–Crippen MR) is 55.7 cm³/mol. The monoisotopic (exact) mass is 178 g/mol. The Hall–Kier alpha value is -0.820. The van der Waals surface area contributed by atoms with Crippen molar-refractivity contribution in [3.05, 3.63) is 35.4 Å². The Morgan fingerprint density at radius 1 is 1.15 bits per heavy atom. The lowest BCUT2D eigenvalue weighted by Gasteiger charge is -2.16. The van der Waals surface area contributed by atoms with Gasteiger partial charge in [-0.1, -0.05) is 38.1 Å². The van der Waals surface area contributed by atoms with Crippen LogP contribution in [0.25, 0.3) is 0 Å². The van der Waals surface area contributed by atoms with Crippen LogP contribution in [0.5, 0.6) is 0 Å². The zero-order chi connectivity index (χ0) is 9.68. The largest absolute Gasteiger partial charge is 0.392 e. The fraction of sp³-hybridized carbons (Fsp3) is 0.500. The van der Waals surface area contributed by atoms with Crippen molar-refractivity contribution in [2.75, 3.05) is 0 Å². The summed E-state index contributed by atoms with van der Waals surface area (Å²) < 4.78 is 0. The topological polar surface area (TPSA) is 20.2 Å². The molecule has 1 rings (SSSR count). The number of hydrogen-bond acceptors (Lipinski definition) is 1. The van der Waals surface area contributed by atoms with Crippen molar-refractivity contribution >= 4 is 0 Å². The SMILES string of the molecule is CCC(CC)c1ccccc1CO. The molecule has 0 saturated heterocycles. The first kappa shape index (κ1) is 10.3. The van der Waals surface area contributed by atoms with Gasteiger partial charge in [0.1, 0.15) is 0 Å². The zero-order valence-corrected chi connectivity index (χ0v) is 8.46. The maximum Gasteiger partial charge on any atom is 0.0684 e. The molecule has 0 aliphatic heterocycles. The number of rotatable bonds is 4. The van der Waals surface area contributed by atoms with Gasteiger partial charge in [0.05, 0.1) is 6.61 Å². The number of aliphatic hydroxyl groups is 1. The molecule has 0 aromatic heterocycles. The quantitative estimate of drug-likeness (QED) is 0.751. The van der Waals surface area contributed by atoms with Crippen LogP contribution in [0.1, 0.15) is 43.7 Å². The van der Waals surface area contributed by atoms with E-state index in [1.54, 1.807) is 0 Å². The van der Waals surface area contributed by atoms with Crippen molar-refractivity contribution in [2.24, 2.45) is 0 Å². The zero-order valence-electron chi connectivity index (χ0n) is 8.46. The Labute approximate surface area is 80.4 Å². The van der Waals surface area contributed by atoms with Crippen LogP contribution in [-0.4, -0.2) is 5.11 Å². The third-order valence-electron chi connectivity index (χ3n) is 2.65. The first-order chi connectivity index (χ1) is 6.33. The Morgan fingerprint density at radius 3 is 2.31 bits per heavy atom. The molecule has 0 radical (unpaired) electrons. The second-order valence-corrected chi connectivity index (χ2v) is 3.37. The Bertz CT molecular complexity index is 251. The third kappa shape index (κ3) is 2.31. The highest BCUT2D eigenvalue weighted by atomic mass is 16.3. The summed E-state index contributed by atoms with van der Waals surface area (Å²) in [5.41, 5.74) is 2.39. The second kappa shape index (κ2) is 5.03. The van der Waals surface area contributed by atoms with E-state index in [2.05, 4.69) is 19.9 Å². The summed E-state index contributed by atoms with van der Waals surface area (Å²) in [6, 6.07) is 8.17. The van der Waals surface area contributed by atoms with E-state index in [0.29, 0.717) is 5.92 Å². The summed E-state index contributed by atoms with van der Waals surface area (Å²) in [6.07, 6.45) is 2.29. The van der Waals surface area contributed by atoms with Gasteiger partial charge in [0.25, 0.3) is 0 Å². The molecule has 0 amide bonds. The molecular formula is C12H18O. The molecule has 0 bridgehead atoms. The van der Waals surface area contributed by atoms with Gasteiger partial charge in [0.15, 0.2) is 0 Å². The highest BCUT2D eigenvalue weighted by Gasteiger charge is 2.09. The van der Waals surface area contributed by atoms with E-state index in [-0.39, 0.29) is 6.61 Å². The minimum Gasteiger partial charge on any atom is -0.392 e. The second-order valence-electron chi connectivity index (χ2n) is 3.37. The molecule has 0 spiro atoms. The molecule has 0 atom stereocenters. The molecule has 1 nitrogen and oxygen atoms in total. The van der Waals surface area contributed by atoms with Gasteiger partial charge in [-0.05, 0) is 29.9 Å². The van der Waals surface area contributed by atoms with Crippen molar-refractivity contribution in [2.45, 2.75) is 39.2 Å². The van der Waals surface area contributed by atoms with Gasteiger partial charge in [-0.2, -0.15) is 0 Å². The summed E-state index contributed by atoms with van der Waals surface area (Å²) in [5, 5.41) is 9.16. The molecule has 1 heteroatoms. The maximum atomic E-state index is 9.16. The van der Waals surface area contributed by atoms with Crippen molar-refractivity contribution in [3.8, 4) is 0 Å². The van der Waals surface area contributed by atoms with E-state index in [4.69, 9.17) is 5.11 Å². The lowest BCUT2D eigenvalue weighted by molar-refractivity contribution is 0.279. The van der Waals surface area contributed by atoms with Gasteiger partial charge in [-0.3, -0.25) is 0 Å². The smallest absolute Gasteiger partial charge is 0.0684 e. The van der Waals surface area contributed by atoms with Crippen molar-refractivity contribution < 1.29 is 5.11 Å². The molecule has 0 fully saturated rings. The van der Waals surface area contributed by atoms with Gasteiger partial charge in [-0.15, -0.1) is 0 Å².